The average Bonchev–Trinajstić information content (AvgIpc) is 2.66. The van der Waals surface area contributed by atoms with E-state index in [4.69, 9.17) is 4.52 Å². The molecule has 0 saturated carbocycles. The van der Waals surface area contributed by atoms with Crippen LogP contribution in [-0.2, 0) is 16.6 Å². The van der Waals surface area contributed by atoms with Crippen molar-refractivity contribution in [2.75, 3.05) is 0 Å². The lowest BCUT2D eigenvalue weighted by atomic mass is 10.1. The number of hydrogen-bond acceptors (Lipinski definition) is 4. The van der Waals surface area contributed by atoms with Crippen LogP contribution in [0.3, 0.4) is 0 Å². The topological polar surface area (TPSA) is 72.2 Å². The standard InChI is InChI=1S/C14H18N2O3S/c1-9-5-10(2)7-13(6-9)8-15-20(17,18)14-11(3)16-19-12(14)4/h5-7,15H,8H2,1-4H3. The molecular weight excluding hydrogens is 276 g/mol. The van der Waals surface area contributed by atoms with Crippen molar-refractivity contribution in [2.45, 2.75) is 39.1 Å². The van der Waals surface area contributed by atoms with Gasteiger partial charge < -0.3 is 4.52 Å². The maximum atomic E-state index is 12.3. The minimum absolute atomic E-state index is 0.127. The van der Waals surface area contributed by atoms with Crippen molar-refractivity contribution < 1.29 is 12.9 Å². The normalized spacial score (nSPS) is 11.8. The molecule has 2 rings (SSSR count). The highest BCUT2D eigenvalue weighted by Gasteiger charge is 2.23. The van der Waals surface area contributed by atoms with E-state index < -0.39 is 10.0 Å². The van der Waals surface area contributed by atoms with Crippen LogP contribution in [0.25, 0.3) is 0 Å². The quantitative estimate of drug-likeness (QED) is 0.939. The van der Waals surface area contributed by atoms with Crippen LogP contribution in [0.15, 0.2) is 27.6 Å². The van der Waals surface area contributed by atoms with Crippen LogP contribution in [0.2, 0.25) is 0 Å². The molecule has 6 heteroatoms. The van der Waals surface area contributed by atoms with E-state index in [2.05, 4.69) is 9.88 Å². The molecule has 0 aliphatic heterocycles. The summed E-state index contributed by atoms with van der Waals surface area (Å²) in [5, 5.41) is 3.67. The number of hydrogen-bond donors (Lipinski definition) is 1. The van der Waals surface area contributed by atoms with Crippen molar-refractivity contribution in [3.63, 3.8) is 0 Å². The highest BCUT2D eigenvalue weighted by atomic mass is 32.2. The number of nitrogens with one attached hydrogen (secondary N) is 1. The maximum Gasteiger partial charge on any atom is 0.246 e. The van der Waals surface area contributed by atoms with Crippen molar-refractivity contribution in [1.82, 2.24) is 9.88 Å². The number of aromatic nitrogens is 1. The van der Waals surface area contributed by atoms with E-state index in [1.54, 1.807) is 13.8 Å². The molecule has 108 valence electrons. The SMILES string of the molecule is Cc1cc(C)cc(CNS(=O)(=O)c2c(C)noc2C)c1. The second kappa shape index (κ2) is 5.38. The average molecular weight is 294 g/mol. The summed E-state index contributed by atoms with van der Waals surface area (Å²) in [6.07, 6.45) is 0. The molecule has 0 spiro atoms. The molecule has 0 bridgehead atoms. The Labute approximate surface area is 119 Å². The van der Waals surface area contributed by atoms with Crippen molar-refractivity contribution in [2.24, 2.45) is 0 Å². The van der Waals surface area contributed by atoms with Gasteiger partial charge in [-0.3, -0.25) is 0 Å². The second-order valence-corrected chi connectivity index (χ2v) is 6.68. The lowest BCUT2D eigenvalue weighted by molar-refractivity contribution is 0.390. The Kier molecular flexibility index (Phi) is 3.96. The van der Waals surface area contributed by atoms with E-state index in [1.165, 1.54) is 0 Å². The summed E-state index contributed by atoms with van der Waals surface area (Å²) in [7, 11) is -3.61. The Morgan fingerprint density at radius 2 is 1.70 bits per heavy atom. The second-order valence-electron chi connectivity index (χ2n) is 4.97. The Balaban J connectivity index is 2.22. The van der Waals surface area contributed by atoms with Gasteiger partial charge in [0.05, 0.1) is 0 Å². The van der Waals surface area contributed by atoms with Gasteiger partial charge >= 0.3 is 0 Å². The molecule has 1 heterocycles. The molecule has 1 aromatic carbocycles. The van der Waals surface area contributed by atoms with Crippen molar-refractivity contribution in [3.05, 3.63) is 46.3 Å². The molecule has 2 aromatic rings. The summed E-state index contributed by atoms with van der Waals surface area (Å²) in [6, 6.07) is 5.97. The van der Waals surface area contributed by atoms with Gasteiger partial charge in [0.2, 0.25) is 10.0 Å². The summed E-state index contributed by atoms with van der Waals surface area (Å²) in [5.41, 5.74) is 3.52. The van der Waals surface area contributed by atoms with E-state index in [9.17, 15) is 8.42 Å². The fourth-order valence-electron chi connectivity index (χ4n) is 2.28. The van der Waals surface area contributed by atoms with Crippen LogP contribution in [-0.4, -0.2) is 13.6 Å². The predicted octanol–water partition coefficient (Wildman–Crippen LogP) is 2.39. The van der Waals surface area contributed by atoms with Crippen molar-refractivity contribution in [1.29, 1.82) is 0 Å². The number of aryl methyl sites for hydroxylation is 4. The first-order chi connectivity index (χ1) is 9.29. The van der Waals surface area contributed by atoms with Crippen LogP contribution in [0.4, 0.5) is 0 Å². The number of sulfonamides is 1. The summed E-state index contributed by atoms with van der Waals surface area (Å²) < 4.78 is 32.0. The minimum atomic E-state index is -3.61. The molecule has 0 fully saturated rings. The predicted molar refractivity (Wildman–Crippen MR) is 75.9 cm³/mol. The number of nitrogens with zero attached hydrogens (tertiary/aromatic N) is 1. The van der Waals surface area contributed by atoms with Gasteiger partial charge in [-0.05, 0) is 33.3 Å². The summed E-state index contributed by atoms with van der Waals surface area (Å²) in [5.74, 6) is 0.301. The molecule has 0 aliphatic rings. The summed E-state index contributed by atoms with van der Waals surface area (Å²) in [4.78, 5) is 0.127. The molecule has 0 aliphatic carbocycles. The molecule has 0 saturated heterocycles. The van der Waals surface area contributed by atoms with E-state index >= 15 is 0 Å². The molecule has 1 aromatic heterocycles. The van der Waals surface area contributed by atoms with Gasteiger partial charge in [-0.15, -0.1) is 0 Å². The van der Waals surface area contributed by atoms with Gasteiger partial charge in [-0.2, -0.15) is 0 Å². The smallest absolute Gasteiger partial charge is 0.246 e. The zero-order valence-corrected chi connectivity index (χ0v) is 12.8. The van der Waals surface area contributed by atoms with Crippen LogP contribution in [0, 0.1) is 27.7 Å². The molecule has 0 atom stereocenters. The van der Waals surface area contributed by atoms with Crippen LogP contribution in [0.5, 0.6) is 0 Å². The fourth-order valence-corrected chi connectivity index (χ4v) is 3.62. The van der Waals surface area contributed by atoms with E-state index in [0.717, 1.165) is 16.7 Å². The first kappa shape index (κ1) is 14.7. The maximum absolute atomic E-state index is 12.3. The summed E-state index contributed by atoms with van der Waals surface area (Å²) in [6.45, 7) is 7.42. The van der Waals surface area contributed by atoms with Gasteiger partial charge in [0, 0.05) is 6.54 Å². The van der Waals surface area contributed by atoms with E-state index in [1.807, 2.05) is 32.0 Å². The minimum Gasteiger partial charge on any atom is -0.360 e. The molecule has 5 nitrogen and oxygen atoms in total. The first-order valence-corrected chi connectivity index (χ1v) is 7.77. The molecule has 20 heavy (non-hydrogen) atoms. The van der Waals surface area contributed by atoms with Crippen LogP contribution < -0.4 is 4.72 Å². The third kappa shape index (κ3) is 3.08. The van der Waals surface area contributed by atoms with E-state index in [-0.39, 0.29) is 11.4 Å². The Morgan fingerprint density at radius 1 is 1.10 bits per heavy atom. The van der Waals surface area contributed by atoms with Gasteiger partial charge in [-0.1, -0.05) is 34.5 Å². The lowest BCUT2D eigenvalue weighted by Gasteiger charge is -2.08. The largest absolute Gasteiger partial charge is 0.360 e. The third-order valence-corrected chi connectivity index (χ3v) is 4.63. The summed E-state index contributed by atoms with van der Waals surface area (Å²) >= 11 is 0. The molecule has 1 N–H and O–H groups in total. The highest BCUT2D eigenvalue weighted by molar-refractivity contribution is 7.89. The van der Waals surface area contributed by atoms with Gasteiger partial charge in [0.1, 0.15) is 10.6 Å². The first-order valence-electron chi connectivity index (χ1n) is 6.29. The van der Waals surface area contributed by atoms with Crippen LogP contribution >= 0.6 is 0 Å². The molecule has 0 unspecified atom stereocenters. The van der Waals surface area contributed by atoms with E-state index in [0.29, 0.717) is 11.5 Å². The van der Waals surface area contributed by atoms with Crippen molar-refractivity contribution in [3.8, 4) is 0 Å². The lowest BCUT2D eigenvalue weighted by Crippen LogP contribution is -2.24. The highest BCUT2D eigenvalue weighted by Crippen LogP contribution is 2.19. The van der Waals surface area contributed by atoms with Crippen LogP contribution in [0.1, 0.15) is 28.1 Å². The van der Waals surface area contributed by atoms with Crippen molar-refractivity contribution >= 4 is 10.0 Å². The Hall–Kier alpha value is -1.66. The fraction of sp³-hybridized carbons (Fsp3) is 0.357. The molecule has 0 amide bonds. The zero-order chi connectivity index (χ0) is 14.9. The Bertz CT molecular complexity index is 693. The number of benzene rings is 1. The third-order valence-electron chi connectivity index (χ3n) is 2.98. The molecule has 0 radical (unpaired) electrons. The van der Waals surface area contributed by atoms with Gasteiger partial charge in [0.15, 0.2) is 5.76 Å². The zero-order valence-electron chi connectivity index (χ0n) is 12.0. The monoisotopic (exact) mass is 294 g/mol. The van der Waals surface area contributed by atoms with Gasteiger partial charge in [0.25, 0.3) is 0 Å². The molecular formula is C14H18N2O3S. The number of rotatable bonds is 4. The Morgan fingerprint density at radius 3 is 2.20 bits per heavy atom. The van der Waals surface area contributed by atoms with Gasteiger partial charge in [-0.25, -0.2) is 13.1 Å².